The largest absolute Gasteiger partial charge is 0.272 e. The minimum Gasteiger partial charge on any atom is -0.272 e. The molecule has 3 nitrogen and oxygen atoms in total. The standard InChI is InChI=1S/C21H16Cl2N2O/c22-18-12-11-17(19(23)13-18)14-24-25-21(26)20(15-7-3-1-4-8-15)16-9-5-2-6-10-16/h1-14,20H,(H,25,26)/b24-14-. The lowest BCUT2D eigenvalue weighted by atomic mass is 9.91. The molecule has 0 aromatic heterocycles. The normalized spacial score (nSPS) is 11.0. The molecule has 0 fully saturated rings. The Morgan fingerprint density at radius 3 is 2.00 bits per heavy atom. The molecule has 3 aromatic carbocycles. The SMILES string of the molecule is O=C(N/N=C\c1ccc(Cl)cc1Cl)C(c1ccccc1)c1ccccc1. The van der Waals surface area contributed by atoms with Gasteiger partial charge in [0.15, 0.2) is 0 Å². The van der Waals surface area contributed by atoms with E-state index in [2.05, 4.69) is 10.5 Å². The van der Waals surface area contributed by atoms with Gasteiger partial charge >= 0.3 is 0 Å². The second-order valence-corrected chi connectivity index (χ2v) is 6.50. The molecule has 0 saturated heterocycles. The maximum atomic E-state index is 12.8. The van der Waals surface area contributed by atoms with Gasteiger partial charge < -0.3 is 0 Å². The Bertz CT molecular complexity index is 872. The molecule has 3 rings (SSSR count). The van der Waals surface area contributed by atoms with Crippen LogP contribution in [0.3, 0.4) is 0 Å². The topological polar surface area (TPSA) is 41.5 Å². The zero-order valence-electron chi connectivity index (χ0n) is 13.8. The highest BCUT2D eigenvalue weighted by Crippen LogP contribution is 2.24. The zero-order valence-corrected chi connectivity index (χ0v) is 15.3. The molecular formula is C21H16Cl2N2O. The number of hydrogen-bond acceptors (Lipinski definition) is 2. The van der Waals surface area contributed by atoms with Crippen LogP contribution in [0.15, 0.2) is 84.0 Å². The number of hydrazone groups is 1. The van der Waals surface area contributed by atoms with Gasteiger partial charge in [0.05, 0.1) is 17.2 Å². The number of halogens is 2. The van der Waals surface area contributed by atoms with Crippen molar-refractivity contribution in [3.05, 3.63) is 106 Å². The van der Waals surface area contributed by atoms with Crippen molar-refractivity contribution in [2.75, 3.05) is 0 Å². The van der Waals surface area contributed by atoms with E-state index in [0.717, 1.165) is 11.1 Å². The maximum absolute atomic E-state index is 12.8. The van der Waals surface area contributed by atoms with Crippen molar-refractivity contribution in [2.24, 2.45) is 5.10 Å². The summed E-state index contributed by atoms with van der Waals surface area (Å²) in [6.07, 6.45) is 1.50. The average molecular weight is 383 g/mol. The third-order valence-corrected chi connectivity index (χ3v) is 4.43. The first-order valence-electron chi connectivity index (χ1n) is 8.03. The third-order valence-electron chi connectivity index (χ3n) is 3.87. The number of nitrogens with one attached hydrogen (secondary N) is 1. The Labute approximate surface area is 162 Å². The minimum absolute atomic E-state index is 0.219. The number of amides is 1. The van der Waals surface area contributed by atoms with E-state index in [4.69, 9.17) is 23.2 Å². The fraction of sp³-hybridized carbons (Fsp3) is 0.0476. The van der Waals surface area contributed by atoms with Gasteiger partial charge in [0.2, 0.25) is 0 Å². The number of benzene rings is 3. The van der Waals surface area contributed by atoms with Crippen LogP contribution in [-0.4, -0.2) is 12.1 Å². The van der Waals surface area contributed by atoms with E-state index in [0.29, 0.717) is 15.6 Å². The van der Waals surface area contributed by atoms with Gasteiger partial charge in [-0.1, -0.05) is 89.9 Å². The smallest absolute Gasteiger partial charge is 0.252 e. The van der Waals surface area contributed by atoms with E-state index in [9.17, 15) is 4.79 Å². The van der Waals surface area contributed by atoms with Crippen molar-refractivity contribution < 1.29 is 4.79 Å². The molecule has 0 spiro atoms. The summed E-state index contributed by atoms with van der Waals surface area (Å²) in [5.41, 5.74) is 5.08. The Morgan fingerprint density at radius 1 is 0.885 bits per heavy atom. The first-order chi connectivity index (χ1) is 12.6. The van der Waals surface area contributed by atoms with Crippen LogP contribution in [0.2, 0.25) is 10.0 Å². The van der Waals surface area contributed by atoms with Crippen LogP contribution >= 0.6 is 23.2 Å². The summed E-state index contributed by atoms with van der Waals surface area (Å²) in [4.78, 5) is 12.8. The van der Waals surface area contributed by atoms with Crippen molar-refractivity contribution >= 4 is 35.3 Å². The molecule has 0 atom stereocenters. The molecule has 0 saturated carbocycles. The van der Waals surface area contributed by atoms with E-state index >= 15 is 0 Å². The minimum atomic E-state index is -0.449. The molecule has 0 aliphatic carbocycles. The molecular weight excluding hydrogens is 367 g/mol. The highest BCUT2D eigenvalue weighted by Gasteiger charge is 2.22. The van der Waals surface area contributed by atoms with Crippen LogP contribution in [-0.2, 0) is 4.79 Å². The molecule has 0 aliphatic rings. The molecule has 0 heterocycles. The summed E-state index contributed by atoms with van der Waals surface area (Å²) < 4.78 is 0. The molecule has 5 heteroatoms. The van der Waals surface area contributed by atoms with Crippen molar-refractivity contribution in [3.8, 4) is 0 Å². The van der Waals surface area contributed by atoms with Crippen molar-refractivity contribution in [1.82, 2.24) is 5.43 Å². The molecule has 0 bridgehead atoms. The number of nitrogens with zero attached hydrogens (tertiary/aromatic N) is 1. The number of carbonyl (C=O) groups excluding carboxylic acids is 1. The second-order valence-electron chi connectivity index (χ2n) is 5.65. The fourth-order valence-corrected chi connectivity index (χ4v) is 3.08. The monoisotopic (exact) mass is 382 g/mol. The predicted molar refractivity (Wildman–Crippen MR) is 107 cm³/mol. The Balaban J connectivity index is 1.81. The predicted octanol–water partition coefficient (Wildman–Crippen LogP) is 5.28. The summed E-state index contributed by atoms with van der Waals surface area (Å²) in [6.45, 7) is 0. The van der Waals surface area contributed by atoms with E-state index in [1.807, 2.05) is 60.7 Å². The van der Waals surface area contributed by atoms with Gasteiger partial charge in [0, 0.05) is 10.6 Å². The van der Waals surface area contributed by atoms with Gasteiger partial charge in [-0.2, -0.15) is 5.10 Å². The molecule has 0 unspecified atom stereocenters. The highest BCUT2D eigenvalue weighted by atomic mass is 35.5. The van der Waals surface area contributed by atoms with Crippen molar-refractivity contribution in [2.45, 2.75) is 5.92 Å². The quantitative estimate of drug-likeness (QED) is 0.473. The van der Waals surface area contributed by atoms with E-state index in [1.165, 1.54) is 6.21 Å². The van der Waals surface area contributed by atoms with Crippen LogP contribution in [0.1, 0.15) is 22.6 Å². The van der Waals surface area contributed by atoms with Crippen LogP contribution in [0.4, 0.5) is 0 Å². The van der Waals surface area contributed by atoms with Crippen LogP contribution < -0.4 is 5.43 Å². The van der Waals surface area contributed by atoms with E-state index < -0.39 is 5.92 Å². The first kappa shape index (κ1) is 18.2. The van der Waals surface area contributed by atoms with Gasteiger partial charge in [-0.25, -0.2) is 5.43 Å². The summed E-state index contributed by atoms with van der Waals surface area (Å²) in [6, 6.07) is 24.3. The molecule has 1 N–H and O–H groups in total. The molecule has 0 aliphatic heterocycles. The van der Waals surface area contributed by atoms with Gasteiger partial charge in [0.1, 0.15) is 0 Å². The van der Waals surface area contributed by atoms with Gasteiger partial charge in [0.25, 0.3) is 5.91 Å². The van der Waals surface area contributed by atoms with Crippen molar-refractivity contribution in [3.63, 3.8) is 0 Å². The number of hydrogen-bond donors (Lipinski definition) is 1. The van der Waals surface area contributed by atoms with Crippen LogP contribution in [0, 0.1) is 0 Å². The summed E-state index contributed by atoms with van der Waals surface area (Å²) >= 11 is 12.0. The third kappa shape index (κ3) is 4.51. The highest BCUT2D eigenvalue weighted by molar-refractivity contribution is 6.36. The number of carbonyl (C=O) groups is 1. The molecule has 26 heavy (non-hydrogen) atoms. The van der Waals surface area contributed by atoms with Gasteiger partial charge in [-0.15, -0.1) is 0 Å². The first-order valence-corrected chi connectivity index (χ1v) is 8.78. The average Bonchev–Trinajstić information content (AvgIpc) is 2.65. The molecule has 0 radical (unpaired) electrons. The van der Waals surface area contributed by atoms with Crippen molar-refractivity contribution in [1.29, 1.82) is 0 Å². The Kier molecular flexibility index (Phi) is 6.05. The molecule has 130 valence electrons. The fourth-order valence-electron chi connectivity index (χ4n) is 2.62. The summed E-state index contributed by atoms with van der Waals surface area (Å²) in [5.74, 6) is -0.668. The van der Waals surface area contributed by atoms with Crippen LogP contribution in [0.5, 0.6) is 0 Å². The van der Waals surface area contributed by atoms with Gasteiger partial charge in [-0.3, -0.25) is 4.79 Å². The van der Waals surface area contributed by atoms with E-state index in [-0.39, 0.29) is 5.91 Å². The molecule has 3 aromatic rings. The lowest BCUT2D eigenvalue weighted by Crippen LogP contribution is -2.26. The lowest BCUT2D eigenvalue weighted by Gasteiger charge is -2.16. The second kappa shape index (κ2) is 8.65. The Morgan fingerprint density at radius 2 is 1.46 bits per heavy atom. The Hall–Kier alpha value is -2.62. The summed E-state index contributed by atoms with van der Waals surface area (Å²) in [5, 5.41) is 5.07. The lowest BCUT2D eigenvalue weighted by molar-refractivity contribution is -0.121. The van der Waals surface area contributed by atoms with E-state index in [1.54, 1.807) is 18.2 Å². The van der Waals surface area contributed by atoms with Gasteiger partial charge in [-0.05, 0) is 23.3 Å². The maximum Gasteiger partial charge on any atom is 0.252 e. The van der Waals surface area contributed by atoms with Crippen LogP contribution in [0.25, 0.3) is 0 Å². The zero-order chi connectivity index (χ0) is 18.4. The number of rotatable bonds is 5. The summed E-state index contributed by atoms with van der Waals surface area (Å²) in [7, 11) is 0. The molecule has 1 amide bonds.